The van der Waals surface area contributed by atoms with Crippen LogP contribution in [0, 0.1) is 0 Å². The Morgan fingerprint density at radius 2 is 1.29 bits per heavy atom. The van der Waals surface area contributed by atoms with E-state index in [9.17, 15) is 51.9 Å². The average Bonchev–Trinajstić information content (AvgIpc) is 3.41. The summed E-state index contributed by atoms with van der Waals surface area (Å²) in [5.41, 5.74) is 7.97. The van der Waals surface area contributed by atoms with E-state index in [1.807, 2.05) is 36.3 Å². The number of nitrogens with zero attached hydrogens (tertiary/aromatic N) is 2. The maximum atomic E-state index is 12.2. The zero-order chi connectivity index (χ0) is 41.0. The summed E-state index contributed by atoms with van der Waals surface area (Å²) < 4.78 is 135. The molecule has 2 aromatic carbocycles. The summed E-state index contributed by atoms with van der Waals surface area (Å²) in [6.07, 6.45) is 12.9. The molecule has 2 aliphatic rings. The van der Waals surface area contributed by atoms with Crippen molar-refractivity contribution in [1.29, 1.82) is 0 Å². The van der Waals surface area contributed by atoms with Crippen LogP contribution in [-0.4, -0.2) is 93.3 Å². The molecule has 0 saturated carbocycles. The summed E-state index contributed by atoms with van der Waals surface area (Å²) in [6.45, 7) is 6.56. The molecule has 1 unspecified atom stereocenters. The fourth-order valence-corrected chi connectivity index (χ4v) is 9.40. The smallest absolute Gasteiger partial charge is 0.294 e. The Bertz CT molecular complexity index is 2350. The van der Waals surface area contributed by atoms with Crippen molar-refractivity contribution in [2.45, 2.75) is 86.3 Å². The van der Waals surface area contributed by atoms with Crippen molar-refractivity contribution in [1.82, 2.24) is 0 Å². The Morgan fingerprint density at radius 1 is 0.709 bits per heavy atom. The first-order valence-corrected chi connectivity index (χ1v) is 23.8. The fraction of sp³-hybridized carbons (Fsp3) is 0.472. The van der Waals surface area contributed by atoms with E-state index < -0.39 is 62.8 Å². The van der Waals surface area contributed by atoms with Crippen LogP contribution in [0.15, 0.2) is 82.3 Å². The Balaban J connectivity index is 1.77. The van der Waals surface area contributed by atoms with Gasteiger partial charge in [0.2, 0.25) is 5.69 Å². The summed E-state index contributed by atoms with van der Waals surface area (Å²) in [5.74, 6) is -0.986. The van der Waals surface area contributed by atoms with E-state index in [0.717, 1.165) is 31.4 Å². The van der Waals surface area contributed by atoms with E-state index >= 15 is 0 Å². The molecule has 0 bridgehead atoms. The molecule has 6 N–H and O–H groups in total. The van der Waals surface area contributed by atoms with Crippen molar-refractivity contribution in [3.8, 4) is 0 Å². The van der Waals surface area contributed by atoms with Gasteiger partial charge in [0.05, 0.1) is 26.7 Å². The predicted octanol–water partition coefficient (Wildman–Crippen LogP) is 4.80. The van der Waals surface area contributed by atoms with Crippen molar-refractivity contribution in [2.75, 3.05) is 36.0 Å². The Hall–Kier alpha value is -3.27. The van der Waals surface area contributed by atoms with Gasteiger partial charge in [0.1, 0.15) is 6.54 Å². The molecule has 304 valence electrons. The van der Waals surface area contributed by atoms with Gasteiger partial charge in [0.15, 0.2) is 5.71 Å². The third kappa shape index (κ3) is 11.0. The number of fused-ring (bicyclic) bond motifs is 2. The molecule has 1 atom stereocenters. The van der Waals surface area contributed by atoms with E-state index in [1.165, 1.54) is 30.3 Å². The van der Waals surface area contributed by atoms with Crippen molar-refractivity contribution >= 4 is 57.6 Å². The molecule has 0 fully saturated rings. The number of nitrogens with two attached hydrogens (primary N) is 1. The van der Waals surface area contributed by atoms with Crippen molar-refractivity contribution < 1.29 is 56.5 Å². The van der Waals surface area contributed by atoms with Crippen LogP contribution in [0.25, 0.3) is 0 Å². The molecular weight excluding hydrogens is 795 g/mol. The molecule has 19 heteroatoms. The lowest BCUT2D eigenvalue weighted by Gasteiger charge is -2.30. The molecule has 0 aliphatic carbocycles. The van der Waals surface area contributed by atoms with E-state index in [1.54, 1.807) is 30.4 Å². The molecule has 0 aromatic heterocycles. The largest absolute Gasteiger partial charge is 0.344 e. The quantitative estimate of drug-likeness (QED) is 0.0552. The van der Waals surface area contributed by atoms with Crippen LogP contribution in [0.5, 0.6) is 0 Å². The number of benzene rings is 2. The highest BCUT2D eigenvalue weighted by Gasteiger charge is 2.45. The lowest BCUT2D eigenvalue weighted by molar-refractivity contribution is -0.437. The van der Waals surface area contributed by atoms with Gasteiger partial charge in [-0.25, -0.2) is 0 Å². The number of allylic oxidation sites excluding steroid dienone is 6. The van der Waals surface area contributed by atoms with Crippen LogP contribution in [0.3, 0.4) is 0 Å². The average molecular weight is 845 g/mol. The number of anilines is 1. The maximum absolute atomic E-state index is 12.2. The highest BCUT2D eigenvalue weighted by atomic mass is 32.2. The van der Waals surface area contributed by atoms with Crippen LogP contribution in [0.2, 0.25) is 0 Å². The monoisotopic (exact) mass is 844 g/mol. The first-order valence-electron chi connectivity index (χ1n) is 17.7. The van der Waals surface area contributed by atoms with Crippen LogP contribution < -0.4 is 10.6 Å². The number of unbranched alkanes of at least 4 members (excludes halogenated alkanes) is 3. The van der Waals surface area contributed by atoms with Gasteiger partial charge in [-0.15, -0.1) is 0 Å². The first-order chi connectivity index (χ1) is 25.4. The van der Waals surface area contributed by atoms with Gasteiger partial charge >= 0.3 is 0 Å². The van der Waals surface area contributed by atoms with Crippen molar-refractivity contribution in [3.63, 3.8) is 0 Å². The van der Waals surface area contributed by atoms with Crippen LogP contribution in [0.4, 0.5) is 11.4 Å². The van der Waals surface area contributed by atoms with Crippen LogP contribution >= 0.6 is 0 Å². The maximum Gasteiger partial charge on any atom is 0.294 e. The first kappa shape index (κ1) is 44.4. The molecule has 0 amide bonds. The summed E-state index contributed by atoms with van der Waals surface area (Å²) >= 11 is 0. The molecule has 2 aromatic rings. The second-order valence-corrected chi connectivity index (χ2v) is 20.5. The summed E-state index contributed by atoms with van der Waals surface area (Å²) in [5, 5.41) is 0. The van der Waals surface area contributed by atoms with E-state index in [4.69, 9.17) is 5.73 Å². The molecule has 0 saturated heterocycles. The van der Waals surface area contributed by atoms with Crippen LogP contribution in [-0.2, 0) is 51.3 Å². The molecule has 0 spiro atoms. The van der Waals surface area contributed by atoms with Gasteiger partial charge in [-0.2, -0.15) is 38.2 Å². The molecule has 4 rings (SSSR count). The van der Waals surface area contributed by atoms with E-state index in [0.29, 0.717) is 41.2 Å². The Morgan fingerprint density at radius 3 is 1.89 bits per heavy atom. The second kappa shape index (κ2) is 17.1. The minimum atomic E-state index is -4.55. The minimum absolute atomic E-state index is 0.0613. The second-order valence-electron chi connectivity index (χ2n) is 14.5. The number of hydrogen-bond acceptors (Lipinski definition) is 10. The SMILES string of the molecule is CC1(C)C(/C=C/C=C/C=C2\N(CCCS(=O)(=O)O)c3ccc(S(=O)(=O)O)cc3C2(C)CCCCCCN)=[N+](CCCS(=O)(=O)O)c2ccc(S(=O)(=O)O)cc21. The zero-order valence-corrected chi connectivity index (χ0v) is 34.3. The summed E-state index contributed by atoms with van der Waals surface area (Å²) in [4.78, 5) is 1.32. The third-order valence-electron chi connectivity index (χ3n) is 10.1. The van der Waals surface area contributed by atoms with Gasteiger partial charge < -0.3 is 10.6 Å². The van der Waals surface area contributed by atoms with E-state index in [2.05, 4.69) is 0 Å². The minimum Gasteiger partial charge on any atom is -0.344 e. The third-order valence-corrected chi connectivity index (χ3v) is 13.4. The Kier molecular flexibility index (Phi) is 13.8. The summed E-state index contributed by atoms with van der Waals surface area (Å²) in [6, 6.07) is 8.46. The van der Waals surface area contributed by atoms with Gasteiger partial charge in [0, 0.05) is 47.5 Å². The predicted molar refractivity (Wildman–Crippen MR) is 211 cm³/mol. The lowest BCUT2D eigenvalue weighted by Crippen LogP contribution is -2.30. The fourth-order valence-electron chi connectivity index (χ4n) is 7.40. The molecule has 2 heterocycles. The van der Waals surface area contributed by atoms with E-state index in [-0.39, 0.29) is 35.7 Å². The molecular formula is C36H50N3O12S4+. The van der Waals surface area contributed by atoms with Crippen molar-refractivity contribution in [2.24, 2.45) is 5.73 Å². The number of hydrogen-bond donors (Lipinski definition) is 5. The van der Waals surface area contributed by atoms with Gasteiger partial charge in [-0.05, 0) is 88.5 Å². The Labute approximate surface area is 324 Å². The van der Waals surface area contributed by atoms with Gasteiger partial charge in [-0.1, -0.05) is 37.5 Å². The summed E-state index contributed by atoms with van der Waals surface area (Å²) in [7, 11) is -17.6. The number of rotatable bonds is 19. The molecule has 2 aliphatic heterocycles. The van der Waals surface area contributed by atoms with Gasteiger partial charge in [0.25, 0.3) is 40.5 Å². The standard InChI is InChI=1S/C36H49N3O12S4/c1-35(2)29-25-27(54(46,47)48)15-17-31(29)38(21-11-23-52(40,41)42)33(35)13-7-6-8-14-34-36(3,19-9-4-5-10-20-37)30-26-28(55(49,50)51)16-18-32(30)39(34)22-12-24-53(43,44)45/h6-8,13-18,25-26H,4-5,9-12,19-24,37H2,1-3H3,(H3-,40,41,42,43,44,45,46,47,48,49,50,51)/p+1. The van der Waals surface area contributed by atoms with Crippen molar-refractivity contribution in [3.05, 3.63) is 83.6 Å². The highest BCUT2D eigenvalue weighted by molar-refractivity contribution is 7.86. The van der Waals surface area contributed by atoms with Crippen LogP contribution in [0.1, 0.15) is 76.8 Å². The molecule has 55 heavy (non-hydrogen) atoms. The molecule has 15 nitrogen and oxygen atoms in total. The normalized spacial score (nSPS) is 19.6. The molecule has 0 radical (unpaired) electrons. The topological polar surface area (TPSA) is 250 Å². The zero-order valence-electron chi connectivity index (χ0n) is 31.0. The van der Waals surface area contributed by atoms with Gasteiger partial charge in [-0.3, -0.25) is 18.2 Å². The highest BCUT2D eigenvalue weighted by Crippen LogP contribution is 2.51. The lowest BCUT2D eigenvalue weighted by atomic mass is 9.77.